The number of ether oxygens (including phenoxy) is 1. The zero-order valence-electron chi connectivity index (χ0n) is 12.8. The van der Waals surface area contributed by atoms with Crippen molar-refractivity contribution >= 4 is 22.5 Å². The molecule has 0 radical (unpaired) electrons. The molecule has 1 aliphatic heterocycles. The summed E-state index contributed by atoms with van der Waals surface area (Å²) < 4.78 is 9.33. The fourth-order valence-electron chi connectivity index (χ4n) is 2.45. The Hall–Kier alpha value is -1.73. The minimum absolute atomic E-state index is 0.651. The Morgan fingerprint density at radius 2 is 2.18 bits per heavy atom. The van der Waals surface area contributed by atoms with Crippen molar-refractivity contribution in [3.63, 3.8) is 0 Å². The molecule has 1 saturated heterocycles. The summed E-state index contributed by atoms with van der Waals surface area (Å²) in [4.78, 5) is 11.3. The minimum atomic E-state index is 0.651. The smallest absolute Gasteiger partial charge is 0.202 e. The van der Waals surface area contributed by atoms with Crippen LogP contribution in [0.4, 0.5) is 10.9 Å². The minimum Gasteiger partial charge on any atom is -0.384 e. The Labute approximate surface area is 134 Å². The number of pyridine rings is 1. The number of anilines is 2. The lowest BCUT2D eigenvalue weighted by molar-refractivity contribution is 0.201. The summed E-state index contributed by atoms with van der Waals surface area (Å²) in [6, 6.07) is 4.23. The average molecular weight is 319 g/mol. The summed E-state index contributed by atoms with van der Waals surface area (Å²) >= 11 is 1.39. The first-order valence-electron chi connectivity index (χ1n) is 7.60. The Kier molecular flexibility index (Phi) is 5.18. The van der Waals surface area contributed by atoms with Gasteiger partial charge in [0, 0.05) is 50.9 Å². The highest BCUT2D eigenvalue weighted by Gasteiger charge is 2.13. The third-order valence-electron chi connectivity index (χ3n) is 3.68. The molecule has 0 unspecified atom stereocenters. The highest BCUT2D eigenvalue weighted by Crippen LogP contribution is 2.18. The molecule has 118 valence electrons. The Balaban J connectivity index is 1.51. The number of nitrogens with zero attached hydrogens (tertiary/aromatic N) is 4. The van der Waals surface area contributed by atoms with Crippen LogP contribution < -0.4 is 10.2 Å². The number of aromatic nitrogens is 3. The molecule has 0 bridgehead atoms. The molecule has 6 nitrogen and oxygen atoms in total. The maximum absolute atomic E-state index is 5.03. The lowest BCUT2D eigenvalue weighted by Crippen LogP contribution is -2.18. The average Bonchev–Trinajstić information content (AvgIpc) is 3.23. The van der Waals surface area contributed by atoms with E-state index in [1.165, 1.54) is 24.4 Å². The molecule has 2 aromatic rings. The first-order chi connectivity index (χ1) is 10.8. The summed E-state index contributed by atoms with van der Waals surface area (Å²) in [6.07, 6.45) is 5.23. The van der Waals surface area contributed by atoms with Crippen molar-refractivity contribution in [1.82, 2.24) is 14.3 Å². The van der Waals surface area contributed by atoms with Crippen LogP contribution in [-0.2, 0) is 17.7 Å². The van der Waals surface area contributed by atoms with Gasteiger partial charge in [-0.3, -0.25) is 0 Å². The second kappa shape index (κ2) is 7.51. The molecular formula is C15H21N5OS. The predicted octanol–water partition coefficient (Wildman–Crippen LogP) is 2.33. The van der Waals surface area contributed by atoms with Crippen LogP contribution in [0.2, 0.25) is 0 Å². The van der Waals surface area contributed by atoms with Gasteiger partial charge < -0.3 is 15.0 Å². The van der Waals surface area contributed by atoms with Crippen LogP contribution in [0.15, 0.2) is 18.3 Å². The van der Waals surface area contributed by atoms with Gasteiger partial charge in [-0.05, 0) is 24.5 Å². The SMILES string of the molecule is COCCc1nsc(NCc2ccc(N3CCCC3)nc2)n1. The number of methoxy groups -OCH3 is 1. The molecule has 1 fully saturated rings. The number of rotatable bonds is 7. The number of hydrogen-bond acceptors (Lipinski definition) is 7. The van der Waals surface area contributed by atoms with E-state index >= 15 is 0 Å². The van der Waals surface area contributed by atoms with Crippen molar-refractivity contribution in [3.8, 4) is 0 Å². The molecule has 0 aliphatic carbocycles. The van der Waals surface area contributed by atoms with Gasteiger partial charge in [-0.2, -0.15) is 4.37 Å². The number of nitrogens with one attached hydrogen (secondary N) is 1. The van der Waals surface area contributed by atoms with Gasteiger partial charge in [-0.1, -0.05) is 6.07 Å². The van der Waals surface area contributed by atoms with Crippen molar-refractivity contribution < 1.29 is 4.74 Å². The van der Waals surface area contributed by atoms with Gasteiger partial charge in [0.25, 0.3) is 0 Å². The van der Waals surface area contributed by atoms with Gasteiger partial charge in [0.15, 0.2) is 0 Å². The molecule has 0 aromatic carbocycles. The van der Waals surface area contributed by atoms with Crippen molar-refractivity contribution in [2.75, 3.05) is 37.0 Å². The fourth-order valence-corrected chi connectivity index (χ4v) is 3.06. The van der Waals surface area contributed by atoms with Crippen molar-refractivity contribution in [2.45, 2.75) is 25.8 Å². The topological polar surface area (TPSA) is 63.2 Å². The normalized spacial score (nSPS) is 14.5. The second-order valence-corrected chi connectivity index (χ2v) is 6.08. The van der Waals surface area contributed by atoms with Crippen LogP contribution in [0, 0.1) is 0 Å². The van der Waals surface area contributed by atoms with Crippen molar-refractivity contribution in [2.24, 2.45) is 0 Å². The standard InChI is InChI=1S/C15H21N5OS/c1-21-9-6-13-18-15(22-19-13)17-11-12-4-5-14(16-10-12)20-7-2-3-8-20/h4-5,10H,2-3,6-9,11H2,1H3,(H,17,18,19). The van der Waals surface area contributed by atoms with E-state index in [1.807, 2.05) is 6.20 Å². The third kappa shape index (κ3) is 3.92. The van der Waals surface area contributed by atoms with Crippen LogP contribution in [0.25, 0.3) is 0 Å². The lowest BCUT2D eigenvalue weighted by atomic mass is 10.3. The molecule has 1 aliphatic rings. The lowest BCUT2D eigenvalue weighted by Gasteiger charge is -2.16. The van der Waals surface area contributed by atoms with E-state index in [4.69, 9.17) is 4.74 Å². The van der Waals surface area contributed by atoms with Gasteiger partial charge in [0.1, 0.15) is 11.6 Å². The second-order valence-electron chi connectivity index (χ2n) is 5.33. The fraction of sp³-hybridized carbons (Fsp3) is 0.533. The Morgan fingerprint density at radius 3 is 2.91 bits per heavy atom. The van der Waals surface area contributed by atoms with E-state index in [0.717, 1.165) is 41.8 Å². The zero-order chi connectivity index (χ0) is 15.2. The van der Waals surface area contributed by atoms with Gasteiger partial charge in [0.2, 0.25) is 5.13 Å². The number of hydrogen-bond donors (Lipinski definition) is 1. The van der Waals surface area contributed by atoms with Crippen molar-refractivity contribution in [3.05, 3.63) is 29.7 Å². The van der Waals surface area contributed by atoms with Crippen LogP contribution in [0.1, 0.15) is 24.2 Å². The summed E-state index contributed by atoms with van der Waals surface area (Å²) in [5, 5.41) is 4.14. The molecule has 3 heterocycles. The highest BCUT2D eigenvalue weighted by atomic mass is 32.1. The van der Waals surface area contributed by atoms with E-state index in [0.29, 0.717) is 13.2 Å². The largest absolute Gasteiger partial charge is 0.384 e. The van der Waals surface area contributed by atoms with E-state index in [1.54, 1.807) is 7.11 Å². The first kappa shape index (κ1) is 15.2. The zero-order valence-corrected chi connectivity index (χ0v) is 13.6. The van der Waals surface area contributed by atoms with Crippen LogP contribution in [0.5, 0.6) is 0 Å². The molecule has 0 atom stereocenters. The summed E-state index contributed by atoms with van der Waals surface area (Å²) in [5.74, 6) is 1.91. The first-order valence-corrected chi connectivity index (χ1v) is 8.38. The molecule has 2 aromatic heterocycles. The van der Waals surface area contributed by atoms with Gasteiger partial charge in [-0.15, -0.1) is 0 Å². The van der Waals surface area contributed by atoms with Gasteiger partial charge in [0.05, 0.1) is 6.61 Å². The van der Waals surface area contributed by atoms with Crippen molar-refractivity contribution in [1.29, 1.82) is 0 Å². The van der Waals surface area contributed by atoms with Gasteiger partial charge >= 0.3 is 0 Å². The molecule has 3 rings (SSSR count). The van der Waals surface area contributed by atoms with Crippen LogP contribution in [0.3, 0.4) is 0 Å². The van der Waals surface area contributed by atoms with E-state index in [9.17, 15) is 0 Å². The molecular weight excluding hydrogens is 298 g/mol. The summed E-state index contributed by atoms with van der Waals surface area (Å²) in [7, 11) is 1.68. The molecule has 0 spiro atoms. The van der Waals surface area contributed by atoms with E-state index < -0.39 is 0 Å². The Morgan fingerprint density at radius 1 is 1.32 bits per heavy atom. The molecule has 0 saturated carbocycles. The maximum atomic E-state index is 5.03. The molecule has 22 heavy (non-hydrogen) atoms. The Bertz CT molecular complexity index is 580. The van der Waals surface area contributed by atoms with Gasteiger partial charge in [-0.25, -0.2) is 9.97 Å². The van der Waals surface area contributed by atoms with E-state index in [2.05, 4.69) is 36.7 Å². The van der Waals surface area contributed by atoms with Crippen LogP contribution >= 0.6 is 11.5 Å². The summed E-state index contributed by atoms with van der Waals surface area (Å²) in [5.41, 5.74) is 1.15. The molecule has 7 heteroatoms. The molecule has 0 amide bonds. The monoisotopic (exact) mass is 319 g/mol. The van der Waals surface area contributed by atoms with E-state index in [-0.39, 0.29) is 0 Å². The molecule has 1 N–H and O–H groups in total. The highest BCUT2D eigenvalue weighted by molar-refractivity contribution is 7.09. The summed E-state index contributed by atoms with van der Waals surface area (Å²) in [6.45, 7) is 3.61. The quantitative estimate of drug-likeness (QED) is 0.845. The third-order valence-corrected chi connectivity index (χ3v) is 4.39. The van der Waals surface area contributed by atoms with Crippen LogP contribution in [-0.4, -0.2) is 41.1 Å². The maximum Gasteiger partial charge on any atom is 0.202 e. The predicted molar refractivity (Wildman–Crippen MR) is 88.5 cm³/mol.